The zero-order valence-corrected chi connectivity index (χ0v) is 12.2. The highest BCUT2D eigenvalue weighted by atomic mass is 16.5. The van der Waals surface area contributed by atoms with Crippen molar-refractivity contribution in [1.82, 2.24) is 20.2 Å². The van der Waals surface area contributed by atoms with Crippen molar-refractivity contribution in [2.75, 3.05) is 19.5 Å². The lowest BCUT2D eigenvalue weighted by Gasteiger charge is -2.23. The van der Waals surface area contributed by atoms with E-state index in [0.717, 1.165) is 25.0 Å². The van der Waals surface area contributed by atoms with Gasteiger partial charge in [-0.1, -0.05) is 0 Å². The lowest BCUT2D eigenvalue weighted by Crippen LogP contribution is -2.30. The Morgan fingerprint density at radius 1 is 1.48 bits per heavy atom. The van der Waals surface area contributed by atoms with E-state index >= 15 is 0 Å². The molecule has 1 aromatic carbocycles. The van der Waals surface area contributed by atoms with Gasteiger partial charge in [-0.05, 0) is 42.3 Å². The van der Waals surface area contributed by atoms with Gasteiger partial charge in [0.2, 0.25) is 0 Å². The lowest BCUT2D eigenvalue weighted by molar-refractivity contribution is 0.00354. The number of tetrazole rings is 1. The number of aromatic nitrogens is 4. The predicted molar refractivity (Wildman–Crippen MR) is 77.8 cm³/mol. The van der Waals surface area contributed by atoms with Gasteiger partial charge in [0, 0.05) is 18.4 Å². The fourth-order valence-electron chi connectivity index (χ4n) is 2.67. The van der Waals surface area contributed by atoms with E-state index in [9.17, 15) is 0 Å². The fourth-order valence-corrected chi connectivity index (χ4v) is 2.67. The summed E-state index contributed by atoms with van der Waals surface area (Å²) in [6.07, 6.45) is 2.07. The van der Waals surface area contributed by atoms with Crippen LogP contribution in [0.4, 0.5) is 5.69 Å². The molecule has 7 heteroatoms. The summed E-state index contributed by atoms with van der Waals surface area (Å²) in [7, 11) is 1.60. The maximum absolute atomic E-state index is 5.81. The van der Waals surface area contributed by atoms with Gasteiger partial charge in [0.25, 0.3) is 0 Å². The van der Waals surface area contributed by atoms with Gasteiger partial charge in [-0.2, -0.15) is 0 Å². The number of nitrogens with two attached hydrogens (primary N) is 1. The molecule has 0 spiro atoms. The molecular weight excluding hydrogens is 270 g/mol. The minimum absolute atomic E-state index is 0.217. The third-order valence-electron chi connectivity index (χ3n) is 3.78. The molecule has 0 bridgehead atoms. The van der Waals surface area contributed by atoms with Gasteiger partial charge < -0.3 is 15.2 Å². The van der Waals surface area contributed by atoms with Crippen LogP contribution in [0.1, 0.15) is 19.8 Å². The summed E-state index contributed by atoms with van der Waals surface area (Å²) in [6, 6.07) is 5.45. The van der Waals surface area contributed by atoms with Crippen molar-refractivity contribution in [3.8, 4) is 17.1 Å². The van der Waals surface area contributed by atoms with Crippen molar-refractivity contribution in [3.05, 3.63) is 18.2 Å². The number of hydrogen-bond acceptors (Lipinski definition) is 6. The first-order chi connectivity index (χ1) is 10.1. The Morgan fingerprint density at radius 2 is 2.33 bits per heavy atom. The van der Waals surface area contributed by atoms with E-state index in [0.29, 0.717) is 23.8 Å². The number of nitrogen functional groups attached to an aromatic ring is 1. The fraction of sp³-hybridized carbons (Fsp3) is 0.500. The van der Waals surface area contributed by atoms with Crippen LogP contribution in [0.15, 0.2) is 18.2 Å². The summed E-state index contributed by atoms with van der Waals surface area (Å²) in [6.45, 7) is 3.49. The van der Waals surface area contributed by atoms with Crippen LogP contribution in [0.3, 0.4) is 0 Å². The van der Waals surface area contributed by atoms with Crippen molar-refractivity contribution < 1.29 is 9.47 Å². The van der Waals surface area contributed by atoms with Crippen LogP contribution in [-0.4, -0.2) is 39.5 Å². The monoisotopic (exact) mass is 289 g/mol. The highest BCUT2D eigenvalue weighted by molar-refractivity contribution is 5.67. The van der Waals surface area contributed by atoms with Gasteiger partial charge in [-0.15, -0.1) is 5.10 Å². The van der Waals surface area contributed by atoms with Crippen molar-refractivity contribution in [2.45, 2.75) is 31.9 Å². The van der Waals surface area contributed by atoms with E-state index in [1.54, 1.807) is 17.9 Å². The summed E-state index contributed by atoms with van der Waals surface area (Å²) >= 11 is 0. The van der Waals surface area contributed by atoms with E-state index in [1.807, 2.05) is 12.1 Å². The molecule has 112 valence electrons. The van der Waals surface area contributed by atoms with Crippen LogP contribution < -0.4 is 10.5 Å². The summed E-state index contributed by atoms with van der Waals surface area (Å²) in [5.74, 6) is 1.31. The molecule has 1 aromatic heterocycles. The van der Waals surface area contributed by atoms with Gasteiger partial charge in [-0.3, -0.25) is 0 Å². The van der Waals surface area contributed by atoms with Crippen LogP contribution in [0.25, 0.3) is 11.4 Å². The van der Waals surface area contributed by atoms with E-state index in [4.69, 9.17) is 15.2 Å². The van der Waals surface area contributed by atoms with Crippen LogP contribution >= 0.6 is 0 Å². The number of anilines is 1. The van der Waals surface area contributed by atoms with Gasteiger partial charge in [0.05, 0.1) is 24.8 Å². The number of rotatable bonds is 4. The second kappa shape index (κ2) is 5.33. The van der Waals surface area contributed by atoms with Gasteiger partial charge in [0.15, 0.2) is 5.82 Å². The molecule has 1 atom stereocenters. The molecule has 21 heavy (non-hydrogen) atoms. The molecule has 0 radical (unpaired) electrons. The molecule has 1 unspecified atom stereocenters. The molecule has 1 aliphatic rings. The first-order valence-electron chi connectivity index (χ1n) is 6.95. The Labute approximate surface area is 123 Å². The minimum Gasteiger partial charge on any atom is -0.496 e. The van der Waals surface area contributed by atoms with E-state index < -0.39 is 0 Å². The van der Waals surface area contributed by atoms with Crippen molar-refractivity contribution in [2.24, 2.45) is 0 Å². The zero-order valence-electron chi connectivity index (χ0n) is 12.2. The average Bonchev–Trinajstić information content (AvgIpc) is 3.08. The molecule has 3 rings (SSSR count). The molecule has 1 aliphatic heterocycles. The second-order valence-corrected chi connectivity index (χ2v) is 5.52. The standard InChI is InChI=1S/C14H19N5O2/c1-14(6-3-7-21-14)9-19-13(16-17-18-19)11-5-4-10(15)8-12(11)20-2/h4-5,8H,3,6-7,9,15H2,1-2H3. The second-order valence-electron chi connectivity index (χ2n) is 5.52. The molecule has 2 aromatic rings. The van der Waals surface area contributed by atoms with E-state index in [-0.39, 0.29) is 5.60 Å². The van der Waals surface area contributed by atoms with Crippen molar-refractivity contribution in [3.63, 3.8) is 0 Å². The Morgan fingerprint density at radius 3 is 3.05 bits per heavy atom. The average molecular weight is 289 g/mol. The molecule has 1 saturated heterocycles. The Hall–Kier alpha value is -2.15. The molecule has 0 saturated carbocycles. The smallest absolute Gasteiger partial charge is 0.185 e. The Kier molecular flexibility index (Phi) is 3.50. The third kappa shape index (κ3) is 2.69. The molecule has 2 heterocycles. The lowest BCUT2D eigenvalue weighted by atomic mass is 10.0. The highest BCUT2D eigenvalue weighted by Crippen LogP contribution is 2.32. The summed E-state index contributed by atoms with van der Waals surface area (Å²) in [4.78, 5) is 0. The molecule has 7 nitrogen and oxygen atoms in total. The SMILES string of the molecule is COc1cc(N)ccc1-c1nnnn1CC1(C)CCCO1. The summed E-state index contributed by atoms with van der Waals surface area (Å²) in [5.41, 5.74) is 7.03. The molecular formula is C14H19N5O2. The largest absolute Gasteiger partial charge is 0.496 e. The normalized spacial score (nSPS) is 21.6. The van der Waals surface area contributed by atoms with Crippen LogP contribution in [-0.2, 0) is 11.3 Å². The number of nitrogens with zero attached hydrogens (tertiary/aromatic N) is 4. The first-order valence-corrected chi connectivity index (χ1v) is 6.95. The Balaban J connectivity index is 1.95. The first kappa shape index (κ1) is 13.8. The van der Waals surface area contributed by atoms with Gasteiger partial charge in [-0.25, -0.2) is 4.68 Å². The quantitative estimate of drug-likeness (QED) is 0.858. The van der Waals surface area contributed by atoms with Crippen LogP contribution in [0.2, 0.25) is 0 Å². The maximum atomic E-state index is 5.81. The third-order valence-corrected chi connectivity index (χ3v) is 3.78. The van der Waals surface area contributed by atoms with E-state index in [2.05, 4.69) is 22.4 Å². The van der Waals surface area contributed by atoms with E-state index in [1.165, 1.54) is 0 Å². The minimum atomic E-state index is -0.217. The molecule has 0 amide bonds. The Bertz CT molecular complexity index is 634. The molecule has 2 N–H and O–H groups in total. The zero-order chi connectivity index (χ0) is 14.9. The number of methoxy groups -OCH3 is 1. The molecule has 0 aliphatic carbocycles. The number of ether oxygens (including phenoxy) is 2. The topological polar surface area (TPSA) is 88.1 Å². The summed E-state index contributed by atoms with van der Waals surface area (Å²) in [5, 5.41) is 12.0. The predicted octanol–water partition coefficient (Wildman–Crippen LogP) is 1.50. The van der Waals surface area contributed by atoms with Gasteiger partial charge >= 0.3 is 0 Å². The van der Waals surface area contributed by atoms with Crippen molar-refractivity contribution >= 4 is 5.69 Å². The van der Waals surface area contributed by atoms with Crippen molar-refractivity contribution in [1.29, 1.82) is 0 Å². The number of benzene rings is 1. The van der Waals surface area contributed by atoms with Crippen LogP contribution in [0.5, 0.6) is 5.75 Å². The maximum Gasteiger partial charge on any atom is 0.185 e. The van der Waals surface area contributed by atoms with Gasteiger partial charge in [0.1, 0.15) is 5.75 Å². The summed E-state index contributed by atoms with van der Waals surface area (Å²) < 4.78 is 13.0. The number of hydrogen-bond donors (Lipinski definition) is 1. The van der Waals surface area contributed by atoms with Crippen LogP contribution in [0, 0.1) is 0 Å². The highest BCUT2D eigenvalue weighted by Gasteiger charge is 2.32. The molecule has 1 fully saturated rings.